The third-order valence-corrected chi connectivity index (χ3v) is 10.9. The molecule has 0 amide bonds. The average molecular weight is 475 g/mol. The molecule has 3 fully saturated rings. The Kier molecular flexibility index (Phi) is 3.48. The summed E-state index contributed by atoms with van der Waals surface area (Å²) in [6, 6.07) is 7.38. The van der Waals surface area contributed by atoms with Gasteiger partial charge in [0.2, 0.25) is 0 Å². The fourth-order valence-corrected chi connectivity index (χ4v) is 9.51. The van der Waals surface area contributed by atoms with Crippen molar-refractivity contribution in [1.29, 1.82) is 0 Å². The van der Waals surface area contributed by atoms with Crippen molar-refractivity contribution >= 4 is 5.69 Å². The van der Waals surface area contributed by atoms with Gasteiger partial charge in [-0.05, 0) is 92.3 Å². The van der Waals surface area contributed by atoms with Gasteiger partial charge in [0.25, 0.3) is 0 Å². The largest absolute Gasteiger partial charge is 0.504 e. The van der Waals surface area contributed by atoms with Crippen LogP contribution in [-0.4, -0.2) is 58.5 Å². The molecule has 1 saturated heterocycles. The van der Waals surface area contributed by atoms with Crippen LogP contribution in [0.4, 0.5) is 10.1 Å². The highest BCUT2D eigenvalue weighted by Crippen LogP contribution is 2.69. The molecule has 182 valence electrons. The molecule has 6 heteroatoms. The lowest BCUT2D eigenvalue weighted by Crippen LogP contribution is -2.79. The molecule has 35 heavy (non-hydrogen) atoms. The second kappa shape index (κ2) is 6.15. The van der Waals surface area contributed by atoms with Crippen LogP contribution in [0, 0.1) is 11.7 Å². The Labute approximate surface area is 204 Å². The molecule has 0 radical (unpaired) electrons. The molecule has 9 rings (SSSR count). The van der Waals surface area contributed by atoms with Crippen molar-refractivity contribution < 1.29 is 19.3 Å². The summed E-state index contributed by atoms with van der Waals surface area (Å²) >= 11 is 0. The number of anilines is 1. The number of aromatic hydroxyl groups is 1. The lowest BCUT2D eigenvalue weighted by atomic mass is 9.46. The summed E-state index contributed by atoms with van der Waals surface area (Å²) in [5.74, 6) is 1.40. The molecule has 2 bridgehead atoms. The Hall–Kier alpha value is -2.31. The fourth-order valence-electron chi connectivity index (χ4n) is 9.51. The number of hydrogen-bond donors (Lipinski definition) is 2. The van der Waals surface area contributed by atoms with E-state index >= 15 is 0 Å². The highest BCUT2D eigenvalue weighted by Gasteiger charge is 2.76. The zero-order valence-corrected chi connectivity index (χ0v) is 19.8. The highest BCUT2D eigenvalue weighted by molar-refractivity contribution is 5.72. The fraction of sp³-hybridized carbons (Fsp3) is 0.586. The third kappa shape index (κ3) is 2.16. The third-order valence-electron chi connectivity index (χ3n) is 10.9. The van der Waals surface area contributed by atoms with Gasteiger partial charge in [0.15, 0.2) is 11.5 Å². The number of phenolic OH excluding ortho intramolecular Hbond substituents is 1. The Balaban J connectivity index is 1.29. The van der Waals surface area contributed by atoms with Crippen molar-refractivity contribution in [2.45, 2.75) is 80.1 Å². The van der Waals surface area contributed by atoms with E-state index < -0.39 is 11.0 Å². The van der Waals surface area contributed by atoms with Crippen LogP contribution in [0.15, 0.2) is 24.3 Å². The molecule has 6 atom stereocenters. The van der Waals surface area contributed by atoms with Crippen molar-refractivity contribution in [3.8, 4) is 11.5 Å². The number of aryl methyl sites for hydroxylation is 1. The van der Waals surface area contributed by atoms with Crippen LogP contribution in [0.3, 0.4) is 0 Å². The summed E-state index contributed by atoms with van der Waals surface area (Å²) in [6.07, 6.45) is 6.50. The molecule has 2 aromatic carbocycles. The number of rotatable bonds is 2. The Morgan fingerprint density at radius 2 is 2.03 bits per heavy atom. The van der Waals surface area contributed by atoms with E-state index in [1.807, 2.05) is 0 Å². The van der Waals surface area contributed by atoms with Gasteiger partial charge in [-0.3, -0.25) is 4.90 Å². The van der Waals surface area contributed by atoms with Gasteiger partial charge in [-0.25, -0.2) is 4.39 Å². The Bertz CT molecular complexity index is 1310. The van der Waals surface area contributed by atoms with Gasteiger partial charge >= 0.3 is 0 Å². The molecular weight excluding hydrogens is 443 g/mol. The number of ether oxygens (including phenoxy) is 1. The second-order valence-corrected chi connectivity index (χ2v) is 12.4. The molecule has 2 N–H and O–H groups in total. The van der Waals surface area contributed by atoms with Gasteiger partial charge in [-0.2, -0.15) is 0 Å². The molecule has 4 aliphatic heterocycles. The number of aliphatic hydroxyl groups is 1. The van der Waals surface area contributed by atoms with E-state index in [9.17, 15) is 14.6 Å². The standard InChI is InChI=1S/C29H31FN2O3/c30-18-10-17-2-1-8-32-24(17)19(12-18)20-13-29(34)22-11-16-5-6-21(33)26-23(16)28(29,27(35-26)25(20)32)7-9-31(22)14-15-3-4-15/h5-6,10,12,15,20,22,25,27,33-34H,1-4,7-9,11,13-14H2/t20?,22-,25?,27-,28?,29+/m0/s1. The van der Waals surface area contributed by atoms with Crippen molar-refractivity contribution in [3.05, 3.63) is 52.3 Å². The van der Waals surface area contributed by atoms with Crippen LogP contribution in [0.2, 0.25) is 0 Å². The van der Waals surface area contributed by atoms with Crippen molar-refractivity contribution in [1.82, 2.24) is 4.90 Å². The first kappa shape index (κ1) is 19.8. The molecule has 4 heterocycles. The smallest absolute Gasteiger partial charge is 0.165 e. The maximum absolute atomic E-state index is 14.8. The minimum Gasteiger partial charge on any atom is -0.504 e. The van der Waals surface area contributed by atoms with Crippen molar-refractivity contribution in [2.24, 2.45) is 5.92 Å². The Morgan fingerprint density at radius 3 is 2.89 bits per heavy atom. The van der Waals surface area contributed by atoms with E-state index in [0.29, 0.717) is 12.2 Å². The number of benzene rings is 2. The van der Waals surface area contributed by atoms with Crippen molar-refractivity contribution in [3.63, 3.8) is 0 Å². The molecule has 2 aromatic rings. The second-order valence-electron chi connectivity index (χ2n) is 12.4. The number of phenols is 1. The first-order valence-corrected chi connectivity index (χ1v) is 13.6. The van der Waals surface area contributed by atoms with Gasteiger partial charge in [0, 0.05) is 36.3 Å². The topological polar surface area (TPSA) is 56.2 Å². The van der Waals surface area contributed by atoms with Gasteiger partial charge in [-0.15, -0.1) is 0 Å². The molecule has 7 aliphatic rings. The lowest BCUT2D eigenvalue weighted by Gasteiger charge is -2.65. The van der Waals surface area contributed by atoms with E-state index in [4.69, 9.17) is 4.74 Å². The van der Waals surface area contributed by atoms with Crippen LogP contribution < -0.4 is 9.64 Å². The average Bonchev–Trinajstić information content (AvgIpc) is 3.50. The minimum atomic E-state index is -0.966. The number of nitrogens with zero attached hydrogens (tertiary/aromatic N) is 2. The number of fused-ring (bicyclic) bond motifs is 4. The maximum atomic E-state index is 14.8. The Morgan fingerprint density at radius 1 is 1.14 bits per heavy atom. The first-order valence-electron chi connectivity index (χ1n) is 13.6. The monoisotopic (exact) mass is 474 g/mol. The maximum Gasteiger partial charge on any atom is 0.165 e. The predicted molar refractivity (Wildman–Crippen MR) is 129 cm³/mol. The number of likely N-dealkylation sites (tertiary alicyclic amines) is 1. The molecule has 5 nitrogen and oxygen atoms in total. The summed E-state index contributed by atoms with van der Waals surface area (Å²) < 4.78 is 21.6. The summed E-state index contributed by atoms with van der Waals surface area (Å²) in [7, 11) is 0. The predicted octanol–water partition coefficient (Wildman–Crippen LogP) is 3.62. The number of piperidine rings is 1. The van der Waals surface area contributed by atoms with Crippen LogP contribution in [-0.2, 0) is 18.3 Å². The normalized spacial score (nSPS) is 39.7. The summed E-state index contributed by atoms with van der Waals surface area (Å²) in [6.45, 7) is 2.96. The SMILES string of the molecule is Oc1ccc2c3c1O[C@H]1C4C(C[C@@]5(O)[C@H](C2)N(CC2CC2)CCC315)c1cc(F)cc2c1N4CCC2. The van der Waals surface area contributed by atoms with E-state index in [2.05, 4.69) is 15.9 Å². The minimum absolute atomic E-state index is 0.0297. The molecule has 2 saturated carbocycles. The molecule has 0 aromatic heterocycles. The van der Waals surface area contributed by atoms with E-state index in [-0.39, 0.29) is 35.7 Å². The summed E-state index contributed by atoms with van der Waals surface area (Å²) in [5.41, 5.74) is 4.17. The van der Waals surface area contributed by atoms with E-state index in [1.54, 1.807) is 18.2 Å². The summed E-state index contributed by atoms with van der Waals surface area (Å²) in [4.78, 5) is 5.05. The zero-order chi connectivity index (χ0) is 23.3. The van der Waals surface area contributed by atoms with Gasteiger partial charge in [-0.1, -0.05) is 6.07 Å². The molecular formula is C29H31FN2O3. The van der Waals surface area contributed by atoms with Gasteiger partial charge < -0.3 is 19.8 Å². The van der Waals surface area contributed by atoms with E-state index in [0.717, 1.165) is 67.9 Å². The van der Waals surface area contributed by atoms with Crippen LogP contribution >= 0.6 is 0 Å². The quantitative estimate of drug-likeness (QED) is 0.697. The van der Waals surface area contributed by atoms with Gasteiger partial charge in [0.05, 0.1) is 17.1 Å². The van der Waals surface area contributed by atoms with Crippen LogP contribution in [0.25, 0.3) is 0 Å². The number of halogens is 1. The van der Waals surface area contributed by atoms with Crippen LogP contribution in [0.5, 0.6) is 11.5 Å². The zero-order valence-electron chi connectivity index (χ0n) is 19.8. The molecule has 1 spiro atoms. The number of hydrogen-bond acceptors (Lipinski definition) is 5. The van der Waals surface area contributed by atoms with Crippen molar-refractivity contribution in [2.75, 3.05) is 24.5 Å². The molecule has 3 unspecified atom stereocenters. The summed E-state index contributed by atoms with van der Waals surface area (Å²) in [5, 5.41) is 23.9. The van der Waals surface area contributed by atoms with Gasteiger partial charge in [0.1, 0.15) is 11.9 Å². The first-order chi connectivity index (χ1) is 17.0. The lowest BCUT2D eigenvalue weighted by molar-refractivity contribution is -0.193. The molecule has 3 aliphatic carbocycles. The highest BCUT2D eigenvalue weighted by atomic mass is 19.1. The van der Waals surface area contributed by atoms with Crippen LogP contribution in [0.1, 0.15) is 60.3 Å². The van der Waals surface area contributed by atoms with E-state index in [1.165, 1.54) is 24.1 Å².